The molecule has 1 aromatic heterocycles. The van der Waals surface area contributed by atoms with Gasteiger partial charge in [0.25, 0.3) is 0 Å². The van der Waals surface area contributed by atoms with Gasteiger partial charge in [0.2, 0.25) is 0 Å². The van der Waals surface area contributed by atoms with Crippen LogP contribution in [0.2, 0.25) is 0 Å². The number of nitrogen functional groups attached to an aromatic ring is 1. The van der Waals surface area contributed by atoms with Crippen LogP contribution < -0.4 is 11.5 Å². The van der Waals surface area contributed by atoms with Gasteiger partial charge in [-0.1, -0.05) is 19.1 Å². The summed E-state index contributed by atoms with van der Waals surface area (Å²) in [4.78, 5) is 8.49. The fourth-order valence-corrected chi connectivity index (χ4v) is 1.67. The Morgan fingerprint density at radius 1 is 1.28 bits per heavy atom. The van der Waals surface area contributed by atoms with Gasteiger partial charge < -0.3 is 11.5 Å². The molecule has 0 unspecified atom stereocenters. The normalized spacial score (nSPS) is 11.5. The molecule has 0 aliphatic heterocycles. The van der Waals surface area contributed by atoms with Crippen LogP contribution in [0.4, 0.5) is 11.4 Å². The molecule has 0 amide bonds. The van der Waals surface area contributed by atoms with Crippen LogP contribution in [0.25, 0.3) is 0 Å². The molecule has 18 heavy (non-hydrogen) atoms. The maximum absolute atomic E-state index is 5.93. The molecule has 1 heterocycles. The van der Waals surface area contributed by atoms with Crippen molar-refractivity contribution in [2.45, 2.75) is 13.3 Å². The van der Waals surface area contributed by atoms with Gasteiger partial charge in [-0.3, -0.25) is 4.98 Å². The highest BCUT2D eigenvalue weighted by Gasteiger charge is 2.04. The molecule has 4 N–H and O–H groups in total. The second kappa shape index (κ2) is 5.31. The van der Waals surface area contributed by atoms with E-state index in [2.05, 4.69) is 23.0 Å². The molecule has 0 aliphatic rings. The van der Waals surface area contributed by atoms with Gasteiger partial charge in [0.1, 0.15) is 5.69 Å². The van der Waals surface area contributed by atoms with Gasteiger partial charge in [-0.15, -0.1) is 0 Å². The maximum atomic E-state index is 5.93. The van der Waals surface area contributed by atoms with Crippen molar-refractivity contribution in [2.24, 2.45) is 10.7 Å². The number of rotatable bonds is 3. The summed E-state index contributed by atoms with van der Waals surface area (Å²) in [5, 5.41) is 0. The molecular weight excluding hydrogens is 224 g/mol. The summed E-state index contributed by atoms with van der Waals surface area (Å²) in [6.07, 6.45) is 2.62. The minimum Gasteiger partial charge on any atom is -0.397 e. The molecular formula is C14H16N4. The first kappa shape index (κ1) is 12.1. The standard InChI is InChI=1S/C14H16N4/c1-2-10-5-3-6-11(9-10)18-14(16)13-12(15)7-4-8-17-13/h3-9H,2,15H2,1H3,(H2,16,18). The molecule has 0 spiro atoms. The Labute approximate surface area is 106 Å². The summed E-state index contributed by atoms with van der Waals surface area (Å²) in [5.41, 5.74) is 14.8. The molecule has 92 valence electrons. The SMILES string of the molecule is CCc1cccc(N=C(N)c2ncccc2N)c1. The van der Waals surface area contributed by atoms with E-state index in [1.54, 1.807) is 18.3 Å². The minimum atomic E-state index is 0.335. The fourth-order valence-electron chi connectivity index (χ4n) is 1.67. The van der Waals surface area contributed by atoms with Crippen molar-refractivity contribution in [3.8, 4) is 0 Å². The van der Waals surface area contributed by atoms with E-state index < -0.39 is 0 Å². The zero-order valence-electron chi connectivity index (χ0n) is 10.3. The number of nitrogens with two attached hydrogens (primary N) is 2. The van der Waals surface area contributed by atoms with E-state index in [1.165, 1.54) is 5.56 Å². The van der Waals surface area contributed by atoms with Crippen molar-refractivity contribution in [1.29, 1.82) is 0 Å². The topological polar surface area (TPSA) is 77.3 Å². The third kappa shape index (κ3) is 2.66. The van der Waals surface area contributed by atoms with Gasteiger partial charge in [-0.2, -0.15) is 0 Å². The lowest BCUT2D eigenvalue weighted by atomic mass is 10.1. The van der Waals surface area contributed by atoms with E-state index in [1.807, 2.05) is 18.2 Å². The van der Waals surface area contributed by atoms with E-state index in [9.17, 15) is 0 Å². The Morgan fingerprint density at radius 3 is 2.83 bits per heavy atom. The van der Waals surface area contributed by atoms with Crippen LogP contribution >= 0.6 is 0 Å². The van der Waals surface area contributed by atoms with Crippen LogP contribution in [-0.4, -0.2) is 10.8 Å². The van der Waals surface area contributed by atoms with Gasteiger partial charge in [0, 0.05) is 6.20 Å². The second-order valence-corrected chi connectivity index (χ2v) is 3.96. The van der Waals surface area contributed by atoms with Gasteiger partial charge in [-0.25, -0.2) is 4.99 Å². The van der Waals surface area contributed by atoms with Crippen molar-refractivity contribution >= 4 is 17.2 Å². The number of pyridine rings is 1. The quantitative estimate of drug-likeness (QED) is 0.638. The van der Waals surface area contributed by atoms with E-state index in [4.69, 9.17) is 11.5 Å². The highest BCUT2D eigenvalue weighted by molar-refractivity contribution is 6.01. The highest BCUT2D eigenvalue weighted by Crippen LogP contribution is 2.16. The van der Waals surface area contributed by atoms with Gasteiger partial charge in [0.15, 0.2) is 5.84 Å². The van der Waals surface area contributed by atoms with Crippen molar-refractivity contribution in [3.05, 3.63) is 53.9 Å². The molecule has 1 aromatic carbocycles. The van der Waals surface area contributed by atoms with Crippen LogP contribution in [0.1, 0.15) is 18.2 Å². The predicted octanol–water partition coefficient (Wildman–Crippen LogP) is 2.26. The summed E-state index contributed by atoms with van der Waals surface area (Å²) >= 11 is 0. The lowest BCUT2D eigenvalue weighted by Crippen LogP contribution is -2.16. The number of amidine groups is 1. The Balaban J connectivity index is 2.35. The highest BCUT2D eigenvalue weighted by atomic mass is 14.9. The molecule has 2 rings (SSSR count). The zero-order valence-corrected chi connectivity index (χ0v) is 10.3. The van der Waals surface area contributed by atoms with Crippen molar-refractivity contribution in [1.82, 2.24) is 4.98 Å². The Morgan fingerprint density at radius 2 is 2.11 bits per heavy atom. The van der Waals surface area contributed by atoms with Crippen LogP contribution in [0, 0.1) is 0 Å². The van der Waals surface area contributed by atoms with Crippen molar-refractivity contribution in [3.63, 3.8) is 0 Å². The second-order valence-electron chi connectivity index (χ2n) is 3.96. The smallest absolute Gasteiger partial charge is 0.152 e. The lowest BCUT2D eigenvalue weighted by molar-refractivity contribution is 1.14. The molecule has 0 aliphatic carbocycles. The number of benzene rings is 1. The van der Waals surface area contributed by atoms with E-state index in [0.29, 0.717) is 17.2 Å². The average Bonchev–Trinajstić information content (AvgIpc) is 2.39. The summed E-state index contributed by atoms with van der Waals surface area (Å²) < 4.78 is 0. The van der Waals surface area contributed by atoms with Crippen LogP contribution in [-0.2, 0) is 6.42 Å². The Kier molecular flexibility index (Phi) is 3.57. The van der Waals surface area contributed by atoms with Crippen LogP contribution in [0.3, 0.4) is 0 Å². The summed E-state index contributed by atoms with van der Waals surface area (Å²) in [5.74, 6) is 0.335. The first-order valence-electron chi connectivity index (χ1n) is 5.84. The number of aryl methyl sites for hydroxylation is 1. The van der Waals surface area contributed by atoms with E-state index in [-0.39, 0.29) is 0 Å². The number of aromatic nitrogens is 1. The molecule has 4 heteroatoms. The van der Waals surface area contributed by atoms with Crippen molar-refractivity contribution in [2.75, 3.05) is 5.73 Å². The molecule has 0 saturated heterocycles. The molecule has 0 fully saturated rings. The number of nitrogens with zero attached hydrogens (tertiary/aromatic N) is 2. The Hall–Kier alpha value is -2.36. The molecule has 2 aromatic rings. The predicted molar refractivity (Wildman–Crippen MR) is 74.9 cm³/mol. The summed E-state index contributed by atoms with van der Waals surface area (Å²) in [6, 6.07) is 11.5. The summed E-state index contributed by atoms with van der Waals surface area (Å²) in [7, 11) is 0. The van der Waals surface area contributed by atoms with Crippen LogP contribution in [0.15, 0.2) is 47.6 Å². The van der Waals surface area contributed by atoms with E-state index >= 15 is 0 Å². The number of hydrogen-bond acceptors (Lipinski definition) is 3. The van der Waals surface area contributed by atoms with Gasteiger partial charge in [-0.05, 0) is 36.2 Å². The monoisotopic (exact) mass is 240 g/mol. The molecule has 4 nitrogen and oxygen atoms in total. The molecule has 0 bridgehead atoms. The van der Waals surface area contributed by atoms with Crippen LogP contribution in [0.5, 0.6) is 0 Å². The van der Waals surface area contributed by atoms with Gasteiger partial charge in [0.05, 0.1) is 11.4 Å². The third-order valence-corrected chi connectivity index (χ3v) is 2.65. The third-order valence-electron chi connectivity index (χ3n) is 2.65. The number of aliphatic imine (C=N–C) groups is 1. The van der Waals surface area contributed by atoms with Gasteiger partial charge >= 0.3 is 0 Å². The maximum Gasteiger partial charge on any atom is 0.152 e. The average molecular weight is 240 g/mol. The molecule has 0 saturated carbocycles. The van der Waals surface area contributed by atoms with Crippen molar-refractivity contribution < 1.29 is 0 Å². The lowest BCUT2D eigenvalue weighted by Gasteiger charge is -2.04. The Bertz CT molecular complexity index is 576. The number of hydrogen-bond donors (Lipinski definition) is 2. The largest absolute Gasteiger partial charge is 0.397 e. The first-order chi connectivity index (χ1) is 8.70. The first-order valence-corrected chi connectivity index (χ1v) is 5.84. The zero-order chi connectivity index (χ0) is 13.0. The summed E-state index contributed by atoms with van der Waals surface area (Å²) in [6.45, 7) is 2.10. The fraction of sp³-hybridized carbons (Fsp3) is 0.143. The molecule has 0 atom stereocenters. The van der Waals surface area contributed by atoms with E-state index in [0.717, 1.165) is 12.1 Å². The minimum absolute atomic E-state index is 0.335. The molecule has 0 radical (unpaired) electrons. The number of anilines is 1.